The van der Waals surface area contributed by atoms with Gasteiger partial charge in [-0.15, -0.1) is 0 Å². The predicted molar refractivity (Wildman–Crippen MR) is 104 cm³/mol. The maximum absolute atomic E-state index is 13.0. The van der Waals surface area contributed by atoms with Gasteiger partial charge in [0.25, 0.3) is 11.6 Å². The van der Waals surface area contributed by atoms with E-state index in [9.17, 15) is 19.7 Å². The number of benzene rings is 1. The number of hydrogen-bond donors (Lipinski definition) is 1. The number of rotatable bonds is 6. The van der Waals surface area contributed by atoms with Crippen LogP contribution in [0.25, 0.3) is 0 Å². The van der Waals surface area contributed by atoms with Gasteiger partial charge in [0.1, 0.15) is 11.1 Å². The number of likely N-dealkylation sites (N-methyl/N-ethyl adjacent to an activating group) is 1. The van der Waals surface area contributed by atoms with E-state index in [4.69, 9.17) is 11.6 Å². The molecule has 1 aliphatic carbocycles. The molecule has 1 saturated carbocycles. The summed E-state index contributed by atoms with van der Waals surface area (Å²) in [4.78, 5) is 37.7. The minimum atomic E-state index is -0.695. The van der Waals surface area contributed by atoms with Gasteiger partial charge in [-0.2, -0.15) is 0 Å². The molecule has 1 aromatic carbocycles. The SMILES string of the molecule is CC(C)C(NC(=O)c1ccc(Cl)c([N+](=O)[O-])c1)C(=O)N(C)C1CCCCC1. The van der Waals surface area contributed by atoms with E-state index in [1.54, 1.807) is 11.9 Å². The van der Waals surface area contributed by atoms with Crippen LogP contribution in [-0.2, 0) is 4.79 Å². The first-order valence-electron chi connectivity index (χ1n) is 9.23. The lowest BCUT2D eigenvalue weighted by Crippen LogP contribution is -2.53. The van der Waals surface area contributed by atoms with Crippen LogP contribution in [0.1, 0.15) is 56.3 Å². The zero-order valence-electron chi connectivity index (χ0n) is 15.9. The highest BCUT2D eigenvalue weighted by atomic mass is 35.5. The molecule has 7 nitrogen and oxygen atoms in total. The second-order valence-electron chi connectivity index (χ2n) is 7.36. The molecule has 2 amide bonds. The summed E-state index contributed by atoms with van der Waals surface area (Å²) in [5.41, 5.74) is -0.235. The number of nitrogens with zero attached hydrogens (tertiary/aromatic N) is 2. The Morgan fingerprint density at radius 1 is 1.26 bits per heavy atom. The summed E-state index contributed by atoms with van der Waals surface area (Å²) in [6.45, 7) is 3.73. The fraction of sp³-hybridized carbons (Fsp3) is 0.579. The molecule has 1 unspecified atom stereocenters. The number of halogens is 1. The second kappa shape index (κ2) is 9.17. The molecule has 0 radical (unpaired) electrons. The van der Waals surface area contributed by atoms with E-state index in [1.807, 2.05) is 13.8 Å². The molecule has 1 fully saturated rings. The van der Waals surface area contributed by atoms with Gasteiger partial charge in [0.05, 0.1) is 4.92 Å². The van der Waals surface area contributed by atoms with Crippen molar-refractivity contribution in [3.63, 3.8) is 0 Å². The molecule has 1 atom stereocenters. The van der Waals surface area contributed by atoms with Crippen LogP contribution in [0.15, 0.2) is 18.2 Å². The van der Waals surface area contributed by atoms with Crippen molar-refractivity contribution in [3.8, 4) is 0 Å². The average molecular weight is 396 g/mol. The lowest BCUT2D eigenvalue weighted by molar-refractivity contribution is -0.384. The third-order valence-electron chi connectivity index (χ3n) is 5.09. The second-order valence-corrected chi connectivity index (χ2v) is 7.77. The van der Waals surface area contributed by atoms with E-state index in [1.165, 1.54) is 18.6 Å². The monoisotopic (exact) mass is 395 g/mol. The Bertz CT molecular complexity index is 717. The first kappa shape index (κ1) is 21.2. The molecule has 2 rings (SSSR count). The molecule has 27 heavy (non-hydrogen) atoms. The van der Waals surface area contributed by atoms with Crippen molar-refractivity contribution in [1.82, 2.24) is 10.2 Å². The summed E-state index contributed by atoms with van der Waals surface area (Å²) in [7, 11) is 1.78. The number of carbonyl (C=O) groups excluding carboxylic acids is 2. The summed E-state index contributed by atoms with van der Waals surface area (Å²) in [6.07, 6.45) is 5.36. The summed E-state index contributed by atoms with van der Waals surface area (Å²) < 4.78 is 0. The van der Waals surface area contributed by atoms with Gasteiger partial charge in [-0.3, -0.25) is 19.7 Å². The highest BCUT2D eigenvalue weighted by molar-refractivity contribution is 6.32. The van der Waals surface area contributed by atoms with Crippen molar-refractivity contribution in [2.24, 2.45) is 5.92 Å². The van der Waals surface area contributed by atoms with Crippen molar-refractivity contribution in [1.29, 1.82) is 0 Å². The number of nitrogens with one attached hydrogen (secondary N) is 1. The van der Waals surface area contributed by atoms with Gasteiger partial charge in [-0.05, 0) is 30.9 Å². The molecular weight excluding hydrogens is 370 g/mol. The van der Waals surface area contributed by atoms with Gasteiger partial charge < -0.3 is 10.2 Å². The zero-order chi connectivity index (χ0) is 20.1. The molecule has 1 aromatic rings. The summed E-state index contributed by atoms with van der Waals surface area (Å²) in [5, 5.41) is 13.7. The van der Waals surface area contributed by atoms with Crippen molar-refractivity contribution in [2.75, 3.05) is 7.05 Å². The van der Waals surface area contributed by atoms with Gasteiger partial charge in [0.15, 0.2) is 0 Å². The van der Waals surface area contributed by atoms with Crippen LogP contribution in [0.5, 0.6) is 0 Å². The van der Waals surface area contributed by atoms with Crippen molar-refractivity contribution >= 4 is 29.1 Å². The van der Waals surface area contributed by atoms with Gasteiger partial charge in [0, 0.05) is 24.7 Å². The van der Waals surface area contributed by atoms with Gasteiger partial charge >= 0.3 is 0 Å². The van der Waals surface area contributed by atoms with Crippen LogP contribution in [0.2, 0.25) is 5.02 Å². The Labute approximate surface area is 164 Å². The molecule has 148 valence electrons. The molecule has 0 heterocycles. The lowest BCUT2D eigenvalue weighted by atomic mass is 9.93. The quantitative estimate of drug-likeness (QED) is 0.585. The Hall–Kier alpha value is -2.15. The van der Waals surface area contributed by atoms with E-state index >= 15 is 0 Å². The smallest absolute Gasteiger partial charge is 0.288 e. The number of nitro benzene ring substituents is 1. The molecule has 1 aliphatic rings. The normalized spacial score (nSPS) is 16.0. The average Bonchev–Trinajstić information content (AvgIpc) is 2.65. The molecule has 0 spiro atoms. The number of amides is 2. The summed E-state index contributed by atoms with van der Waals surface area (Å²) in [6, 6.07) is 3.36. The molecule has 0 aliphatic heterocycles. The van der Waals surface area contributed by atoms with E-state index in [0.29, 0.717) is 0 Å². The predicted octanol–water partition coefficient (Wildman–Crippen LogP) is 3.79. The number of nitro groups is 1. The van der Waals surface area contributed by atoms with Gasteiger partial charge in [-0.25, -0.2) is 0 Å². The minimum Gasteiger partial charge on any atom is -0.341 e. The van der Waals surface area contributed by atoms with Crippen LogP contribution in [-0.4, -0.2) is 40.8 Å². The largest absolute Gasteiger partial charge is 0.341 e. The Kier molecular flexibility index (Phi) is 7.18. The van der Waals surface area contributed by atoms with E-state index < -0.39 is 16.9 Å². The fourth-order valence-electron chi connectivity index (χ4n) is 3.40. The van der Waals surface area contributed by atoms with Crippen LogP contribution in [0.4, 0.5) is 5.69 Å². The van der Waals surface area contributed by atoms with Crippen molar-refractivity contribution in [3.05, 3.63) is 38.9 Å². The van der Waals surface area contributed by atoms with Crippen molar-refractivity contribution < 1.29 is 14.5 Å². The molecule has 0 saturated heterocycles. The first-order chi connectivity index (χ1) is 12.7. The Morgan fingerprint density at radius 3 is 2.44 bits per heavy atom. The van der Waals surface area contributed by atoms with Crippen LogP contribution >= 0.6 is 11.6 Å². The third kappa shape index (κ3) is 5.19. The molecule has 0 aromatic heterocycles. The minimum absolute atomic E-state index is 0.0370. The number of hydrogen-bond acceptors (Lipinski definition) is 4. The topological polar surface area (TPSA) is 92.5 Å². The van der Waals surface area contributed by atoms with E-state index in [-0.39, 0.29) is 34.1 Å². The van der Waals surface area contributed by atoms with E-state index in [0.717, 1.165) is 31.7 Å². The highest BCUT2D eigenvalue weighted by Gasteiger charge is 2.31. The van der Waals surface area contributed by atoms with Crippen LogP contribution in [0, 0.1) is 16.0 Å². The molecular formula is C19H26ClN3O4. The summed E-state index contributed by atoms with van der Waals surface area (Å²) in [5.74, 6) is -0.776. The first-order valence-corrected chi connectivity index (χ1v) is 9.61. The molecule has 8 heteroatoms. The van der Waals surface area contributed by atoms with Crippen LogP contribution in [0.3, 0.4) is 0 Å². The Morgan fingerprint density at radius 2 is 1.89 bits per heavy atom. The van der Waals surface area contributed by atoms with Gasteiger partial charge in [0.2, 0.25) is 5.91 Å². The molecule has 1 N–H and O–H groups in total. The maximum Gasteiger partial charge on any atom is 0.288 e. The Balaban J connectivity index is 2.15. The van der Waals surface area contributed by atoms with Crippen molar-refractivity contribution in [2.45, 2.75) is 58.0 Å². The van der Waals surface area contributed by atoms with Crippen LogP contribution < -0.4 is 5.32 Å². The standard InChI is InChI=1S/C19H26ClN3O4/c1-12(2)17(19(25)22(3)14-7-5-4-6-8-14)21-18(24)13-9-10-15(20)16(11-13)23(26)27/h9-12,14,17H,4-8H2,1-3H3,(H,21,24). The number of carbonyl (C=O) groups is 2. The van der Waals surface area contributed by atoms with Gasteiger partial charge in [-0.1, -0.05) is 44.7 Å². The highest BCUT2D eigenvalue weighted by Crippen LogP contribution is 2.26. The lowest BCUT2D eigenvalue weighted by Gasteiger charge is -2.35. The third-order valence-corrected chi connectivity index (χ3v) is 5.41. The molecule has 0 bridgehead atoms. The fourth-order valence-corrected chi connectivity index (χ4v) is 3.59. The van der Waals surface area contributed by atoms with E-state index in [2.05, 4.69) is 5.32 Å². The zero-order valence-corrected chi connectivity index (χ0v) is 16.7. The maximum atomic E-state index is 13.0. The summed E-state index contributed by atoms with van der Waals surface area (Å²) >= 11 is 5.80.